The van der Waals surface area contributed by atoms with Crippen molar-refractivity contribution in [3.63, 3.8) is 0 Å². The van der Waals surface area contributed by atoms with E-state index in [4.69, 9.17) is 0 Å². The quantitative estimate of drug-likeness (QED) is 0.0688. The minimum atomic E-state index is -0.467. The van der Waals surface area contributed by atoms with E-state index in [0.717, 1.165) is 0 Å². The predicted molar refractivity (Wildman–Crippen MR) is 166 cm³/mol. The smallest absolute Gasteiger partial charge is 0.258 e. The second-order valence-corrected chi connectivity index (χ2v) is 8.98. The molecule has 0 aliphatic rings. The zero-order valence-corrected chi connectivity index (χ0v) is 22.8. The lowest BCUT2D eigenvalue weighted by Gasteiger charge is -1.98. The Bertz CT molecular complexity index is 1750. The Morgan fingerprint density at radius 3 is 1.07 bits per heavy atom. The number of nitro benzene ring substituents is 2. The van der Waals surface area contributed by atoms with E-state index < -0.39 is 9.85 Å². The van der Waals surface area contributed by atoms with Gasteiger partial charge in [0.25, 0.3) is 11.4 Å². The van der Waals surface area contributed by atoms with Gasteiger partial charge in [-0.15, -0.1) is 0 Å². The van der Waals surface area contributed by atoms with Crippen molar-refractivity contribution in [2.45, 2.75) is 0 Å². The highest BCUT2D eigenvalue weighted by Crippen LogP contribution is 2.25. The predicted octanol–water partition coefficient (Wildman–Crippen LogP) is 9.23. The Balaban J connectivity index is 1.16. The van der Waals surface area contributed by atoms with Crippen LogP contribution in [0.5, 0.6) is 0 Å². The third-order valence-electron chi connectivity index (χ3n) is 5.87. The molecule has 1 heterocycles. The van der Waals surface area contributed by atoms with E-state index in [1.807, 2.05) is 18.2 Å². The lowest BCUT2D eigenvalue weighted by atomic mass is 10.3. The highest BCUT2D eigenvalue weighted by molar-refractivity contribution is 5.84. The fraction of sp³-hybridized carbons (Fsp3) is 0. The maximum absolute atomic E-state index is 10.8. The third-order valence-corrected chi connectivity index (χ3v) is 5.87. The van der Waals surface area contributed by atoms with Gasteiger partial charge in [-0.25, -0.2) is 4.98 Å². The molecule has 5 rings (SSSR count). The summed E-state index contributed by atoms with van der Waals surface area (Å²) in [5.41, 5.74) is 4.92. The summed E-state index contributed by atoms with van der Waals surface area (Å²) in [7, 11) is 0. The average Bonchev–Trinajstić information content (AvgIpc) is 3.06. The van der Waals surface area contributed by atoms with Crippen LogP contribution in [0.4, 0.5) is 45.5 Å². The molecule has 0 aliphatic carbocycles. The van der Waals surface area contributed by atoms with Crippen LogP contribution in [-0.4, -0.2) is 27.3 Å². The Labute approximate surface area is 250 Å². The number of rotatable bonds is 10. The van der Waals surface area contributed by atoms with E-state index in [0.29, 0.717) is 45.5 Å². The number of aliphatic imine (C=N–C) groups is 2. The molecular weight excluding hydrogens is 562 g/mol. The number of benzene rings is 4. The van der Waals surface area contributed by atoms with E-state index in [-0.39, 0.29) is 11.4 Å². The number of non-ortho nitro benzene ring substituents is 2. The summed E-state index contributed by atoms with van der Waals surface area (Å²) in [6.07, 6.45) is 3.30. The summed E-state index contributed by atoms with van der Waals surface area (Å²) in [5.74, 6) is 0. The number of aromatic nitrogens is 1. The van der Waals surface area contributed by atoms with Crippen LogP contribution in [-0.2, 0) is 0 Å². The van der Waals surface area contributed by atoms with Crippen molar-refractivity contribution in [3.8, 4) is 0 Å². The zero-order valence-electron chi connectivity index (χ0n) is 22.8. The normalized spacial score (nSPS) is 11.6. The van der Waals surface area contributed by atoms with Gasteiger partial charge in [0.05, 0.1) is 67.8 Å². The molecular formula is C31H21N9O4. The molecule has 0 unspecified atom stereocenters. The SMILES string of the molecule is O=[N+]([O-])c1ccc(N=Nc2ccc(N=Cc3cccc(C=Nc4ccc(N=Nc5ccc([N+](=O)[O-])cc5)cc4)n3)cc2)cc1. The summed E-state index contributed by atoms with van der Waals surface area (Å²) in [6, 6.07) is 31.4. The van der Waals surface area contributed by atoms with Crippen LogP contribution in [0.2, 0.25) is 0 Å². The van der Waals surface area contributed by atoms with Gasteiger partial charge in [-0.05, 0) is 84.9 Å². The van der Waals surface area contributed by atoms with E-state index in [9.17, 15) is 20.2 Å². The van der Waals surface area contributed by atoms with Crippen molar-refractivity contribution in [2.24, 2.45) is 30.4 Å². The monoisotopic (exact) mass is 583 g/mol. The van der Waals surface area contributed by atoms with Crippen LogP contribution in [0.1, 0.15) is 11.4 Å². The van der Waals surface area contributed by atoms with Crippen molar-refractivity contribution >= 4 is 57.9 Å². The number of azo groups is 2. The Morgan fingerprint density at radius 2 is 0.750 bits per heavy atom. The van der Waals surface area contributed by atoms with Crippen molar-refractivity contribution < 1.29 is 9.85 Å². The molecule has 0 saturated carbocycles. The molecule has 5 aromatic rings. The van der Waals surface area contributed by atoms with Gasteiger partial charge in [-0.1, -0.05) is 6.07 Å². The molecule has 1 aromatic heterocycles. The van der Waals surface area contributed by atoms with E-state index >= 15 is 0 Å². The molecule has 0 fully saturated rings. The number of nitrogens with zero attached hydrogens (tertiary/aromatic N) is 9. The number of hydrogen-bond donors (Lipinski definition) is 0. The lowest BCUT2D eigenvalue weighted by Crippen LogP contribution is -1.92. The molecule has 0 bridgehead atoms. The molecule has 214 valence electrons. The Morgan fingerprint density at radius 1 is 0.455 bits per heavy atom. The highest BCUT2D eigenvalue weighted by atomic mass is 16.6. The summed E-state index contributed by atoms with van der Waals surface area (Å²) in [5, 5.41) is 38.0. The summed E-state index contributed by atoms with van der Waals surface area (Å²) in [4.78, 5) is 34.1. The van der Waals surface area contributed by atoms with Crippen LogP contribution in [0.25, 0.3) is 0 Å². The molecule has 0 N–H and O–H groups in total. The van der Waals surface area contributed by atoms with Crippen LogP contribution in [0.15, 0.2) is 146 Å². The summed E-state index contributed by atoms with van der Waals surface area (Å²) < 4.78 is 0. The first-order valence-corrected chi connectivity index (χ1v) is 13.0. The van der Waals surface area contributed by atoms with Crippen molar-refractivity contribution in [2.75, 3.05) is 0 Å². The van der Waals surface area contributed by atoms with Crippen molar-refractivity contribution in [1.82, 2.24) is 4.98 Å². The molecule has 13 heteroatoms. The van der Waals surface area contributed by atoms with Gasteiger partial charge >= 0.3 is 0 Å². The van der Waals surface area contributed by atoms with Crippen LogP contribution < -0.4 is 0 Å². The first kappa shape index (κ1) is 28.9. The molecule has 44 heavy (non-hydrogen) atoms. The molecule has 0 amide bonds. The molecule has 0 spiro atoms. The van der Waals surface area contributed by atoms with Gasteiger partial charge < -0.3 is 0 Å². The van der Waals surface area contributed by atoms with Gasteiger partial charge in [-0.3, -0.25) is 30.2 Å². The zero-order chi connectivity index (χ0) is 30.7. The summed E-state index contributed by atoms with van der Waals surface area (Å²) >= 11 is 0. The van der Waals surface area contributed by atoms with E-state index in [1.165, 1.54) is 48.5 Å². The first-order chi connectivity index (χ1) is 21.4. The molecule has 0 saturated heterocycles. The third kappa shape index (κ3) is 8.20. The van der Waals surface area contributed by atoms with E-state index in [2.05, 4.69) is 35.4 Å². The minimum absolute atomic E-state index is 0.00610. The van der Waals surface area contributed by atoms with Crippen molar-refractivity contribution in [1.29, 1.82) is 0 Å². The largest absolute Gasteiger partial charge is 0.269 e. The average molecular weight is 584 g/mol. The second kappa shape index (κ2) is 13.8. The van der Waals surface area contributed by atoms with Gasteiger partial charge in [0, 0.05) is 24.3 Å². The number of hydrogen-bond acceptors (Lipinski definition) is 11. The molecule has 13 nitrogen and oxygen atoms in total. The minimum Gasteiger partial charge on any atom is -0.258 e. The van der Waals surface area contributed by atoms with Gasteiger partial charge in [0.15, 0.2) is 0 Å². The van der Waals surface area contributed by atoms with Crippen LogP contribution >= 0.6 is 0 Å². The first-order valence-electron chi connectivity index (χ1n) is 13.0. The molecule has 4 aromatic carbocycles. The standard InChI is InChI=1S/C31H21N9O4/c41-39(42)30-16-12-26(13-17-30)37-35-24-8-4-22(5-9-24)32-20-28-2-1-3-29(34-28)21-33-23-6-10-25(11-7-23)36-38-27-14-18-31(19-15-27)40(43)44/h1-21H. The molecule has 0 atom stereocenters. The summed E-state index contributed by atoms with van der Waals surface area (Å²) in [6.45, 7) is 0. The van der Waals surface area contributed by atoms with Crippen molar-refractivity contribution in [3.05, 3.63) is 147 Å². The fourth-order valence-electron chi connectivity index (χ4n) is 3.62. The Hall–Kier alpha value is -6.63. The van der Waals surface area contributed by atoms with Gasteiger partial charge in [-0.2, -0.15) is 20.5 Å². The van der Waals surface area contributed by atoms with Gasteiger partial charge in [0.1, 0.15) is 0 Å². The number of pyridine rings is 1. The molecule has 0 aliphatic heterocycles. The van der Waals surface area contributed by atoms with Crippen LogP contribution in [0, 0.1) is 20.2 Å². The Kier molecular flexibility index (Phi) is 9.07. The highest BCUT2D eigenvalue weighted by Gasteiger charge is 2.04. The number of nitro groups is 2. The topological polar surface area (TPSA) is 173 Å². The lowest BCUT2D eigenvalue weighted by molar-refractivity contribution is -0.385. The maximum atomic E-state index is 10.8. The second-order valence-electron chi connectivity index (χ2n) is 8.98. The van der Waals surface area contributed by atoms with E-state index in [1.54, 1.807) is 61.0 Å². The maximum Gasteiger partial charge on any atom is 0.269 e. The fourth-order valence-corrected chi connectivity index (χ4v) is 3.62. The van der Waals surface area contributed by atoms with Crippen LogP contribution in [0.3, 0.4) is 0 Å². The van der Waals surface area contributed by atoms with Gasteiger partial charge in [0.2, 0.25) is 0 Å². The molecule has 0 radical (unpaired) electrons.